The minimum atomic E-state index is -5.64. The van der Waals surface area contributed by atoms with Gasteiger partial charge in [-0.1, -0.05) is 61.8 Å². The second-order valence-electron chi connectivity index (χ2n) is 17.5. The monoisotopic (exact) mass is 1050 g/mol. The second kappa shape index (κ2) is 30.4. The molecular formula is C41H67F6N11O14. The molecule has 0 rings (SSSR count). The summed E-state index contributed by atoms with van der Waals surface area (Å²) < 4.78 is 84.0. The number of rotatable bonds is 30. The first-order valence-corrected chi connectivity index (χ1v) is 22.3. The number of carbonyl (C=O) groups is 10. The molecule has 72 heavy (non-hydrogen) atoms. The molecule has 9 atom stereocenters. The number of amides is 7. The third-order valence-electron chi connectivity index (χ3n) is 10.2. The van der Waals surface area contributed by atoms with E-state index in [0.29, 0.717) is 0 Å². The highest BCUT2D eigenvalue weighted by Crippen LogP contribution is 2.18. The first kappa shape index (κ1) is 65.5. The fourth-order valence-corrected chi connectivity index (χ4v) is 5.95. The van der Waals surface area contributed by atoms with Gasteiger partial charge >= 0.3 is 30.3 Å². The highest BCUT2D eigenvalue weighted by atomic mass is 19.4. The molecule has 31 heteroatoms. The number of carboxylic acids is 1. The maximum absolute atomic E-state index is 14.0. The smallest absolute Gasteiger partial charge is 0.480 e. The van der Waals surface area contributed by atoms with Crippen LogP contribution in [0.2, 0.25) is 0 Å². The van der Waals surface area contributed by atoms with Gasteiger partial charge < -0.3 is 74.1 Å². The Balaban J connectivity index is 6.45. The number of alkyl halides is 6. The van der Waals surface area contributed by atoms with E-state index in [1.807, 2.05) is 0 Å². The molecule has 0 aliphatic carbocycles. The number of aliphatic hydroxyl groups excluding tert-OH is 1. The van der Waals surface area contributed by atoms with E-state index in [-0.39, 0.29) is 44.1 Å². The number of nitrogens with zero attached hydrogens (tertiary/aromatic N) is 1. The summed E-state index contributed by atoms with van der Waals surface area (Å²) in [5.74, 6) is -18.0. The van der Waals surface area contributed by atoms with Crippen molar-refractivity contribution in [1.82, 2.24) is 37.2 Å². The van der Waals surface area contributed by atoms with Gasteiger partial charge in [0.25, 0.3) is 0 Å². The normalized spacial score (nSPS) is 15.4. The van der Waals surface area contributed by atoms with Crippen LogP contribution in [0.1, 0.15) is 81.1 Å². The van der Waals surface area contributed by atoms with E-state index < -0.39 is 158 Å². The molecule has 412 valence electrons. The summed E-state index contributed by atoms with van der Waals surface area (Å²) in [5.41, 5.74) is 16.8. The van der Waals surface area contributed by atoms with Gasteiger partial charge in [-0.3, -0.25) is 38.6 Å². The molecule has 0 aliphatic rings. The van der Waals surface area contributed by atoms with E-state index in [2.05, 4.69) is 41.1 Å². The lowest BCUT2D eigenvalue weighted by molar-refractivity contribution is -0.201. The third-order valence-corrected chi connectivity index (χ3v) is 10.2. The minimum Gasteiger partial charge on any atom is -0.480 e. The Morgan fingerprint density at radius 1 is 0.611 bits per heavy atom. The molecule has 15 N–H and O–H groups in total. The number of esters is 2. The molecule has 0 bridgehead atoms. The van der Waals surface area contributed by atoms with Crippen molar-refractivity contribution in [3.8, 4) is 0 Å². The number of guanidine groups is 1. The van der Waals surface area contributed by atoms with Crippen molar-refractivity contribution < 1.29 is 94.0 Å². The number of nitrogens with one attached hydrogen (secondary N) is 7. The van der Waals surface area contributed by atoms with Crippen LogP contribution in [0.15, 0.2) is 4.99 Å². The Labute approximate surface area is 410 Å². The van der Waals surface area contributed by atoms with Gasteiger partial charge in [0.15, 0.2) is 12.0 Å². The van der Waals surface area contributed by atoms with E-state index in [4.69, 9.17) is 17.2 Å². The molecule has 0 aromatic heterocycles. The van der Waals surface area contributed by atoms with Crippen LogP contribution in [0, 0.1) is 23.7 Å². The summed E-state index contributed by atoms with van der Waals surface area (Å²) in [4.78, 5) is 132. The highest BCUT2D eigenvalue weighted by molar-refractivity contribution is 5.97. The van der Waals surface area contributed by atoms with E-state index in [9.17, 15) is 84.5 Å². The largest absolute Gasteiger partial charge is 0.490 e. The molecule has 0 aromatic carbocycles. The average Bonchev–Trinajstić information content (AvgIpc) is 3.27. The molecule has 0 spiro atoms. The van der Waals surface area contributed by atoms with Crippen LogP contribution >= 0.6 is 0 Å². The SMILES string of the molecule is CC[C@H](C)[C@H](NC(=O)[C@@H](CCCN=C(N)N)NC(=O)[C@H](CC(C)C)NC(=O)[C@@H](N)[C@H](O)C(C)C)C(=O)N[C@H](C(=O)NCC(=O)N[C@@H](COC(=O)C(F)(F)F)C(=O)N[C@@H](COC(=O)C(F)(F)F)C(=O)O)C(C)C. The second-order valence-corrected chi connectivity index (χ2v) is 17.5. The third kappa shape index (κ3) is 24.1. The van der Waals surface area contributed by atoms with Gasteiger partial charge in [0.1, 0.15) is 49.5 Å². The maximum atomic E-state index is 14.0. The number of aliphatic carboxylic acids is 1. The first-order chi connectivity index (χ1) is 33.0. The van der Waals surface area contributed by atoms with Gasteiger partial charge in [-0.25, -0.2) is 14.4 Å². The summed E-state index contributed by atoms with van der Waals surface area (Å²) >= 11 is 0. The zero-order chi connectivity index (χ0) is 56.0. The van der Waals surface area contributed by atoms with Gasteiger partial charge in [-0.05, 0) is 42.9 Å². The molecule has 0 saturated carbocycles. The molecule has 0 radical (unpaired) electrons. The maximum Gasteiger partial charge on any atom is 0.490 e. The van der Waals surface area contributed by atoms with Crippen molar-refractivity contribution in [1.29, 1.82) is 0 Å². The topological polar surface area (TPSA) is 404 Å². The van der Waals surface area contributed by atoms with Crippen molar-refractivity contribution in [2.75, 3.05) is 26.3 Å². The molecule has 7 amide bonds. The Bertz CT molecular complexity index is 1920. The fourth-order valence-electron chi connectivity index (χ4n) is 5.95. The molecule has 0 aliphatic heterocycles. The van der Waals surface area contributed by atoms with Crippen molar-refractivity contribution in [2.45, 2.75) is 142 Å². The molecule has 0 saturated heterocycles. The Morgan fingerprint density at radius 3 is 1.54 bits per heavy atom. The molecule has 0 fully saturated rings. The molecule has 0 unspecified atom stereocenters. The van der Waals surface area contributed by atoms with Crippen molar-refractivity contribution in [2.24, 2.45) is 45.9 Å². The molecule has 0 heterocycles. The lowest BCUT2D eigenvalue weighted by Gasteiger charge is -2.30. The van der Waals surface area contributed by atoms with Gasteiger partial charge in [0.05, 0.1) is 12.6 Å². The van der Waals surface area contributed by atoms with E-state index in [1.54, 1.807) is 46.9 Å². The molecule has 0 aromatic rings. The predicted molar refractivity (Wildman–Crippen MR) is 239 cm³/mol. The number of aliphatic hydroxyl groups is 1. The summed E-state index contributed by atoms with van der Waals surface area (Å²) in [6, 6.07) is -11.9. The number of nitrogens with two attached hydrogens (primary N) is 3. The van der Waals surface area contributed by atoms with E-state index in [0.717, 1.165) is 0 Å². The summed E-state index contributed by atoms with van der Waals surface area (Å²) in [5, 5.41) is 35.2. The number of halogens is 6. The van der Waals surface area contributed by atoms with Gasteiger partial charge in [-0.2, -0.15) is 26.3 Å². The van der Waals surface area contributed by atoms with Crippen LogP contribution in [-0.4, -0.2) is 162 Å². The van der Waals surface area contributed by atoms with Crippen LogP contribution in [0.4, 0.5) is 26.3 Å². The number of carbonyl (C=O) groups excluding carboxylic acids is 9. The van der Waals surface area contributed by atoms with Crippen molar-refractivity contribution >= 4 is 65.2 Å². The van der Waals surface area contributed by atoms with Gasteiger partial charge in [-0.15, -0.1) is 0 Å². The number of hydrogen-bond acceptors (Lipinski definition) is 15. The molecule has 25 nitrogen and oxygen atoms in total. The standard InChI is InChI=1S/C41H67F6N11O14/c1-9-20(8)28(58-30(61)21(11-10-12-51-39(49)50)54-31(62)22(13-17(2)3)55-33(64)26(48)29(60)19(6)7)35(66)57-27(18(4)5)34(65)52-14-25(59)53-23(15-71-37(69)40(42,43)44)32(63)56-24(36(67)68)16-72-38(70)41(45,46)47/h17-24,26-29,60H,9-16,48H2,1-8H3,(H,52,65)(H,53,59)(H,54,62)(H,55,64)(H,56,63)(H,57,66)(H,58,61)(H,67,68)(H4,49,50,51)/t20-,21+,22-,23-,24-,26-,27-,28-,29+/m0/s1. The summed E-state index contributed by atoms with van der Waals surface area (Å²) in [6.07, 6.45) is -12.2. The number of ether oxygens (including phenoxy) is 2. The lowest BCUT2D eigenvalue weighted by Crippen LogP contribution is -2.61. The number of aliphatic imine (C=N–C) groups is 1. The van der Waals surface area contributed by atoms with E-state index >= 15 is 0 Å². The first-order valence-electron chi connectivity index (χ1n) is 22.3. The Morgan fingerprint density at radius 2 is 1.08 bits per heavy atom. The Kier molecular flexibility index (Phi) is 27.6. The summed E-state index contributed by atoms with van der Waals surface area (Å²) in [6.45, 7) is 8.48. The quantitative estimate of drug-likeness (QED) is 0.0116. The van der Waals surface area contributed by atoms with Crippen molar-refractivity contribution in [3.05, 3.63) is 0 Å². The number of hydrogen-bond donors (Lipinski definition) is 12. The predicted octanol–water partition coefficient (Wildman–Crippen LogP) is -2.55. The Hall–Kier alpha value is -6.53. The van der Waals surface area contributed by atoms with Gasteiger partial charge in [0, 0.05) is 6.54 Å². The van der Waals surface area contributed by atoms with Crippen LogP contribution in [0.25, 0.3) is 0 Å². The number of carboxylic acid groups (broad SMARTS) is 1. The highest BCUT2D eigenvalue weighted by Gasteiger charge is 2.44. The lowest BCUT2D eigenvalue weighted by atomic mass is 9.95. The average molecular weight is 1050 g/mol. The van der Waals surface area contributed by atoms with Crippen molar-refractivity contribution in [3.63, 3.8) is 0 Å². The minimum absolute atomic E-state index is 0.00602. The van der Waals surface area contributed by atoms with Crippen LogP contribution in [0.3, 0.4) is 0 Å². The zero-order valence-corrected chi connectivity index (χ0v) is 40.8. The van der Waals surface area contributed by atoms with Crippen LogP contribution in [0.5, 0.6) is 0 Å². The zero-order valence-electron chi connectivity index (χ0n) is 40.8. The van der Waals surface area contributed by atoms with Gasteiger partial charge in [0.2, 0.25) is 41.4 Å². The van der Waals surface area contributed by atoms with Crippen LogP contribution in [-0.2, 0) is 57.4 Å². The van der Waals surface area contributed by atoms with E-state index in [1.165, 1.54) is 19.2 Å². The summed E-state index contributed by atoms with van der Waals surface area (Å²) in [7, 11) is 0. The van der Waals surface area contributed by atoms with Crippen LogP contribution < -0.4 is 54.4 Å². The molecular weight excluding hydrogens is 985 g/mol. The fraction of sp³-hybridized carbons (Fsp3) is 0.732.